The Balaban J connectivity index is 2.83. The van der Waals surface area contributed by atoms with Crippen LogP contribution in [0.3, 0.4) is 0 Å². The van der Waals surface area contributed by atoms with Gasteiger partial charge in [-0.05, 0) is 6.07 Å². The van der Waals surface area contributed by atoms with Crippen molar-refractivity contribution in [1.82, 2.24) is 5.32 Å². The third-order valence-corrected chi connectivity index (χ3v) is 2.28. The highest BCUT2D eigenvalue weighted by Gasteiger charge is 2.21. The molecule has 102 valence electrons. The summed E-state index contributed by atoms with van der Waals surface area (Å²) in [5.41, 5.74) is 0.0976. The minimum atomic E-state index is -1.16. The molecule has 6 heteroatoms. The first-order chi connectivity index (χ1) is 9.04. The summed E-state index contributed by atoms with van der Waals surface area (Å²) >= 11 is 0. The molecule has 0 heterocycles. The molecule has 0 unspecified atom stereocenters. The van der Waals surface area contributed by atoms with Crippen LogP contribution in [0.5, 0.6) is 0 Å². The van der Waals surface area contributed by atoms with Crippen molar-refractivity contribution in [2.45, 2.75) is 12.5 Å². The third-order valence-electron chi connectivity index (χ3n) is 2.28. The quantitative estimate of drug-likeness (QED) is 0.775. The van der Waals surface area contributed by atoms with E-state index in [1.165, 1.54) is 24.3 Å². The van der Waals surface area contributed by atoms with Gasteiger partial charge in [-0.25, -0.2) is 9.18 Å². The lowest BCUT2D eigenvalue weighted by Gasteiger charge is -2.17. The maximum atomic E-state index is 13.6. The number of hydrogen-bond donors (Lipinski definition) is 2. The van der Waals surface area contributed by atoms with Crippen LogP contribution in [0.15, 0.2) is 36.9 Å². The summed E-state index contributed by atoms with van der Waals surface area (Å²) < 4.78 is 18.3. The number of carboxylic acid groups (broad SMARTS) is 1. The van der Waals surface area contributed by atoms with Gasteiger partial charge in [0.2, 0.25) is 0 Å². The van der Waals surface area contributed by atoms with E-state index in [0.717, 1.165) is 0 Å². The van der Waals surface area contributed by atoms with Gasteiger partial charge in [-0.1, -0.05) is 30.9 Å². The summed E-state index contributed by atoms with van der Waals surface area (Å²) in [6.45, 7) is 3.36. The van der Waals surface area contributed by atoms with E-state index in [9.17, 15) is 14.0 Å². The smallest absolute Gasteiger partial charge is 0.407 e. The second-order valence-electron chi connectivity index (χ2n) is 3.70. The van der Waals surface area contributed by atoms with Crippen LogP contribution >= 0.6 is 0 Å². The normalized spacial score (nSPS) is 11.4. The molecule has 19 heavy (non-hydrogen) atoms. The highest BCUT2D eigenvalue weighted by atomic mass is 19.1. The average molecular weight is 267 g/mol. The fraction of sp³-hybridized carbons (Fsp3) is 0.231. The van der Waals surface area contributed by atoms with Crippen LogP contribution < -0.4 is 5.32 Å². The largest absolute Gasteiger partial charge is 0.481 e. The van der Waals surface area contributed by atoms with Gasteiger partial charge in [-0.15, -0.1) is 0 Å². The van der Waals surface area contributed by atoms with Gasteiger partial charge in [-0.3, -0.25) is 4.79 Å². The second-order valence-corrected chi connectivity index (χ2v) is 3.70. The molecule has 0 saturated carbocycles. The number of carboxylic acids is 1. The average Bonchev–Trinajstić information content (AvgIpc) is 2.35. The number of amides is 1. The molecule has 0 aliphatic rings. The number of aliphatic carboxylic acids is 1. The van der Waals surface area contributed by atoms with E-state index in [-0.39, 0.29) is 12.2 Å². The van der Waals surface area contributed by atoms with E-state index >= 15 is 0 Å². The van der Waals surface area contributed by atoms with Gasteiger partial charge in [0.25, 0.3) is 0 Å². The van der Waals surface area contributed by atoms with E-state index in [4.69, 9.17) is 5.11 Å². The van der Waals surface area contributed by atoms with E-state index < -0.39 is 30.3 Å². The van der Waals surface area contributed by atoms with Crippen molar-refractivity contribution < 1.29 is 23.8 Å². The van der Waals surface area contributed by atoms with Gasteiger partial charge in [0, 0.05) is 5.56 Å². The number of benzene rings is 1. The Kier molecular flexibility index (Phi) is 5.53. The summed E-state index contributed by atoms with van der Waals surface area (Å²) in [5.74, 6) is -1.74. The molecule has 5 nitrogen and oxygen atoms in total. The van der Waals surface area contributed by atoms with Gasteiger partial charge in [0.1, 0.15) is 12.4 Å². The first kappa shape index (κ1) is 14.7. The Morgan fingerprint density at radius 2 is 2.16 bits per heavy atom. The van der Waals surface area contributed by atoms with Gasteiger partial charge in [0.05, 0.1) is 12.5 Å². The molecule has 1 atom stereocenters. The number of nitrogens with one attached hydrogen (secondary N) is 1. The van der Waals surface area contributed by atoms with Gasteiger partial charge < -0.3 is 15.2 Å². The zero-order valence-corrected chi connectivity index (χ0v) is 10.1. The monoisotopic (exact) mass is 267 g/mol. The summed E-state index contributed by atoms with van der Waals surface area (Å²) in [5, 5.41) is 11.1. The van der Waals surface area contributed by atoms with Gasteiger partial charge in [-0.2, -0.15) is 0 Å². The lowest BCUT2D eigenvalue weighted by molar-refractivity contribution is -0.137. The molecule has 1 rings (SSSR count). The van der Waals surface area contributed by atoms with Crippen molar-refractivity contribution in [2.75, 3.05) is 6.61 Å². The van der Waals surface area contributed by atoms with Crippen LogP contribution in [0.1, 0.15) is 18.0 Å². The van der Waals surface area contributed by atoms with Gasteiger partial charge in [0.15, 0.2) is 0 Å². The molecule has 0 bridgehead atoms. The lowest BCUT2D eigenvalue weighted by Crippen LogP contribution is -2.31. The topological polar surface area (TPSA) is 75.6 Å². The standard InChI is InChI=1S/C13H14FNO4/c1-2-7-19-13(18)15-11(8-12(16)17)9-5-3-4-6-10(9)14/h2-6,11H,1,7-8H2,(H,15,18)(H,16,17)/t11-/m1/s1. The minimum absolute atomic E-state index is 0.0110. The van der Waals surface area contributed by atoms with Crippen LogP contribution in [0.25, 0.3) is 0 Å². The lowest BCUT2D eigenvalue weighted by atomic mass is 10.0. The Morgan fingerprint density at radius 3 is 2.74 bits per heavy atom. The zero-order valence-electron chi connectivity index (χ0n) is 10.1. The molecule has 0 aliphatic heterocycles. The first-order valence-electron chi connectivity index (χ1n) is 5.55. The molecule has 1 aromatic rings. The number of alkyl carbamates (subject to hydrolysis) is 1. The Hall–Kier alpha value is -2.37. The molecule has 1 amide bonds. The first-order valence-corrected chi connectivity index (χ1v) is 5.55. The molecular formula is C13H14FNO4. The van der Waals surface area contributed by atoms with Crippen molar-refractivity contribution >= 4 is 12.1 Å². The predicted molar refractivity (Wildman–Crippen MR) is 66.1 cm³/mol. The molecule has 0 aromatic heterocycles. The molecule has 1 aromatic carbocycles. The number of rotatable bonds is 6. The van der Waals surface area contributed by atoms with Crippen molar-refractivity contribution in [2.24, 2.45) is 0 Å². The van der Waals surface area contributed by atoms with Crippen LogP contribution in [0.4, 0.5) is 9.18 Å². The Morgan fingerprint density at radius 1 is 1.47 bits per heavy atom. The molecule has 0 saturated heterocycles. The molecular weight excluding hydrogens is 253 g/mol. The summed E-state index contributed by atoms with van der Waals surface area (Å²) in [6, 6.07) is 4.66. The fourth-order valence-electron chi connectivity index (χ4n) is 1.49. The van der Waals surface area contributed by atoms with E-state index in [2.05, 4.69) is 16.6 Å². The predicted octanol–water partition coefficient (Wildman–Crippen LogP) is 2.25. The van der Waals surface area contributed by atoms with Crippen molar-refractivity contribution in [3.05, 3.63) is 48.3 Å². The maximum absolute atomic E-state index is 13.6. The fourth-order valence-corrected chi connectivity index (χ4v) is 1.49. The van der Waals surface area contributed by atoms with E-state index in [1.54, 1.807) is 6.07 Å². The van der Waals surface area contributed by atoms with E-state index in [0.29, 0.717) is 0 Å². The van der Waals surface area contributed by atoms with Crippen molar-refractivity contribution in [3.8, 4) is 0 Å². The molecule has 0 aliphatic carbocycles. The molecule has 0 spiro atoms. The maximum Gasteiger partial charge on any atom is 0.407 e. The second kappa shape index (κ2) is 7.15. The molecule has 2 N–H and O–H groups in total. The molecule has 0 fully saturated rings. The zero-order chi connectivity index (χ0) is 14.3. The minimum Gasteiger partial charge on any atom is -0.481 e. The number of ether oxygens (including phenoxy) is 1. The van der Waals surface area contributed by atoms with E-state index in [1.807, 2.05) is 0 Å². The van der Waals surface area contributed by atoms with Gasteiger partial charge >= 0.3 is 12.1 Å². The number of halogens is 1. The Labute approximate surface area is 109 Å². The summed E-state index contributed by atoms with van der Waals surface area (Å²) in [6.07, 6.45) is 0.105. The summed E-state index contributed by atoms with van der Waals surface area (Å²) in [7, 11) is 0. The molecule has 0 radical (unpaired) electrons. The highest BCUT2D eigenvalue weighted by molar-refractivity contribution is 5.72. The van der Waals surface area contributed by atoms with Crippen molar-refractivity contribution in [3.63, 3.8) is 0 Å². The SMILES string of the molecule is C=CCOC(=O)N[C@H](CC(=O)O)c1ccccc1F. The van der Waals surface area contributed by atoms with Crippen LogP contribution in [0, 0.1) is 5.82 Å². The van der Waals surface area contributed by atoms with Crippen LogP contribution in [0.2, 0.25) is 0 Å². The Bertz CT molecular complexity index is 475. The number of carbonyl (C=O) groups is 2. The number of carbonyl (C=O) groups excluding carboxylic acids is 1. The van der Waals surface area contributed by atoms with Crippen LogP contribution in [-0.4, -0.2) is 23.8 Å². The highest BCUT2D eigenvalue weighted by Crippen LogP contribution is 2.20. The van der Waals surface area contributed by atoms with Crippen LogP contribution in [-0.2, 0) is 9.53 Å². The van der Waals surface area contributed by atoms with Crippen molar-refractivity contribution in [1.29, 1.82) is 0 Å². The summed E-state index contributed by atoms with van der Waals surface area (Å²) in [4.78, 5) is 22.1. The third kappa shape index (κ3) is 4.79. The number of hydrogen-bond acceptors (Lipinski definition) is 3.